The number of rotatable bonds is 6. The summed E-state index contributed by atoms with van der Waals surface area (Å²) in [5, 5.41) is 11.2. The number of morpholine rings is 1. The second-order valence-electron chi connectivity index (χ2n) is 10.6. The van der Waals surface area contributed by atoms with Crippen molar-refractivity contribution in [2.45, 2.75) is 72.5 Å². The van der Waals surface area contributed by atoms with Gasteiger partial charge in [-0.3, -0.25) is 9.59 Å². The van der Waals surface area contributed by atoms with Crippen LogP contribution in [-0.4, -0.2) is 65.7 Å². The lowest BCUT2D eigenvalue weighted by atomic mass is 9.80. The summed E-state index contributed by atoms with van der Waals surface area (Å²) in [5.74, 6) is -1.41. The first-order valence-corrected chi connectivity index (χ1v) is 12.5. The van der Waals surface area contributed by atoms with Crippen molar-refractivity contribution in [2.75, 3.05) is 26.3 Å². The molecule has 0 saturated carbocycles. The van der Waals surface area contributed by atoms with Gasteiger partial charge >= 0.3 is 5.97 Å². The maximum Gasteiger partial charge on any atom is 0.331 e. The van der Waals surface area contributed by atoms with Crippen LogP contribution in [-0.2, 0) is 23.9 Å². The zero-order chi connectivity index (χ0) is 26.9. The predicted molar refractivity (Wildman–Crippen MR) is 140 cm³/mol. The molecule has 2 aliphatic rings. The van der Waals surface area contributed by atoms with Gasteiger partial charge in [0, 0.05) is 19.2 Å². The van der Waals surface area contributed by atoms with E-state index in [4.69, 9.17) is 9.47 Å². The zero-order valence-corrected chi connectivity index (χ0v) is 22.5. The molecular weight excluding hydrogens is 458 g/mol. The Kier molecular flexibility index (Phi) is 10.6. The highest BCUT2D eigenvalue weighted by atomic mass is 16.6. The molecule has 1 heterocycles. The molecule has 3 atom stereocenters. The minimum absolute atomic E-state index is 0.0748. The van der Waals surface area contributed by atoms with Gasteiger partial charge in [-0.25, -0.2) is 4.79 Å². The third kappa shape index (κ3) is 9.03. The van der Waals surface area contributed by atoms with Crippen LogP contribution in [0.5, 0.6) is 0 Å². The molecule has 0 bridgehead atoms. The highest BCUT2D eigenvalue weighted by Gasteiger charge is 2.34. The summed E-state index contributed by atoms with van der Waals surface area (Å²) in [6, 6.07) is 0. The summed E-state index contributed by atoms with van der Waals surface area (Å²) >= 11 is 0. The minimum Gasteiger partial charge on any atom is -0.452 e. The Morgan fingerprint density at radius 3 is 2.42 bits per heavy atom. The van der Waals surface area contributed by atoms with Crippen LogP contribution in [0.3, 0.4) is 0 Å². The number of hydrogen-bond acceptors (Lipinski definition) is 6. The van der Waals surface area contributed by atoms with Gasteiger partial charge in [-0.2, -0.15) is 0 Å². The number of ketones is 1. The molecule has 1 aliphatic carbocycles. The lowest BCUT2D eigenvalue weighted by molar-refractivity contribution is -0.148. The summed E-state index contributed by atoms with van der Waals surface area (Å²) in [5.41, 5.74) is -0.0763. The number of nitrogens with zero attached hydrogens (tertiary/aromatic N) is 1. The maximum atomic E-state index is 13.3. The molecule has 1 aliphatic heterocycles. The Morgan fingerprint density at radius 2 is 1.81 bits per heavy atom. The molecule has 1 fully saturated rings. The summed E-state index contributed by atoms with van der Waals surface area (Å²) in [6.45, 7) is 12.9. The number of ether oxygens (including phenoxy) is 2. The lowest BCUT2D eigenvalue weighted by Crippen LogP contribution is -2.42. The quantitative estimate of drug-likeness (QED) is 0.254. The van der Waals surface area contributed by atoms with Gasteiger partial charge in [0.25, 0.3) is 5.91 Å². The molecule has 0 radical (unpaired) electrons. The van der Waals surface area contributed by atoms with Crippen LogP contribution in [0.2, 0.25) is 0 Å². The lowest BCUT2D eigenvalue weighted by Gasteiger charge is -2.30. The van der Waals surface area contributed by atoms with Gasteiger partial charge in [-0.1, -0.05) is 36.3 Å². The molecule has 1 saturated heterocycles. The van der Waals surface area contributed by atoms with E-state index in [9.17, 15) is 19.5 Å². The van der Waals surface area contributed by atoms with Gasteiger partial charge in [-0.15, -0.1) is 0 Å². The van der Waals surface area contributed by atoms with Crippen molar-refractivity contribution in [1.82, 2.24) is 4.90 Å². The molecule has 0 aromatic heterocycles. The van der Waals surface area contributed by atoms with E-state index in [0.29, 0.717) is 32.7 Å². The van der Waals surface area contributed by atoms with E-state index in [1.54, 1.807) is 30.9 Å². The molecule has 7 heteroatoms. The number of carbonyl (C=O) groups is 3. The summed E-state index contributed by atoms with van der Waals surface area (Å²) in [4.78, 5) is 40.5. The maximum absolute atomic E-state index is 13.3. The van der Waals surface area contributed by atoms with E-state index in [1.807, 2.05) is 26.8 Å². The zero-order valence-electron chi connectivity index (χ0n) is 22.5. The van der Waals surface area contributed by atoms with Crippen molar-refractivity contribution < 1.29 is 29.0 Å². The number of amides is 1. The molecular formula is C29H41NO6. The van der Waals surface area contributed by atoms with Crippen molar-refractivity contribution in [2.24, 2.45) is 5.41 Å². The summed E-state index contributed by atoms with van der Waals surface area (Å²) in [7, 11) is 0. The van der Waals surface area contributed by atoms with E-state index in [-0.39, 0.29) is 11.5 Å². The monoisotopic (exact) mass is 499 g/mol. The Morgan fingerprint density at radius 1 is 1.14 bits per heavy atom. The number of carbonyl (C=O) groups excluding carboxylic acids is 3. The predicted octanol–water partition coefficient (Wildman–Crippen LogP) is 4.24. The van der Waals surface area contributed by atoms with Crippen LogP contribution in [0.1, 0.15) is 60.8 Å². The van der Waals surface area contributed by atoms with E-state index in [2.05, 4.69) is 6.08 Å². The fourth-order valence-electron chi connectivity index (χ4n) is 4.01. The number of hydrogen-bond donors (Lipinski definition) is 1. The van der Waals surface area contributed by atoms with Gasteiger partial charge < -0.3 is 19.5 Å². The Hall–Kier alpha value is -2.77. The number of esters is 1. The Labute approximate surface area is 215 Å². The first-order chi connectivity index (χ1) is 16.8. The van der Waals surface area contributed by atoms with Crippen LogP contribution in [0, 0.1) is 5.41 Å². The molecule has 2 rings (SSSR count). The molecule has 1 N–H and O–H groups in total. The largest absolute Gasteiger partial charge is 0.452 e. The molecule has 36 heavy (non-hydrogen) atoms. The van der Waals surface area contributed by atoms with Crippen molar-refractivity contribution in [1.29, 1.82) is 0 Å². The van der Waals surface area contributed by atoms with E-state index < -0.39 is 28.9 Å². The van der Waals surface area contributed by atoms with Crippen LogP contribution in [0.4, 0.5) is 0 Å². The fraction of sp³-hybridized carbons (Fsp3) is 0.552. The minimum atomic E-state index is -1.67. The number of aliphatic hydroxyl groups is 1. The topological polar surface area (TPSA) is 93.1 Å². The van der Waals surface area contributed by atoms with Crippen molar-refractivity contribution in [3.63, 3.8) is 0 Å². The molecule has 0 aromatic carbocycles. The van der Waals surface area contributed by atoms with Gasteiger partial charge in [0.2, 0.25) is 0 Å². The molecule has 0 aromatic rings. The third-order valence-corrected chi connectivity index (χ3v) is 6.31. The highest BCUT2D eigenvalue weighted by Crippen LogP contribution is 2.33. The average molecular weight is 500 g/mol. The van der Waals surface area contributed by atoms with Crippen molar-refractivity contribution in [3.8, 4) is 0 Å². The average Bonchev–Trinajstić information content (AvgIpc) is 2.81. The first kappa shape index (κ1) is 29.5. The van der Waals surface area contributed by atoms with Gasteiger partial charge in [0.05, 0.1) is 18.8 Å². The normalized spacial score (nSPS) is 29.3. The summed E-state index contributed by atoms with van der Waals surface area (Å²) in [6.07, 6.45) is 12.3. The first-order valence-electron chi connectivity index (χ1n) is 12.5. The van der Waals surface area contributed by atoms with Crippen LogP contribution in [0.25, 0.3) is 0 Å². The van der Waals surface area contributed by atoms with Crippen molar-refractivity contribution >= 4 is 17.7 Å². The smallest absolute Gasteiger partial charge is 0.331 e. The van der Waals surface area contributed by atoms with E-state index in [0.717, 1.165) is 18.4 Å². The van der Waals surface area contributed by atoms with Crippen LogP contribution < -0.4 is 0 Å². The summed E-state index contributed by atoms with van der Waals surface area (Å²) < 4.78 is 10.9. The molecule has 1 amide bonds. The third-order valence-electron chi connectivity index (χ3n) is 6.31. The second kappa shape index (κ2) is 13.0. The standard InChI is InChI=1S/C29H41NO6/c1-21(2)8-7-12-28(5)13-9-23(27(33)30-16-18-35-19-17-30)24(31)10-15-29(6,34)25(11-14-28)36-26(32)20-22(3)4/h8-11,14-15,20,25,34H,7,12-13,16-19H2,1-6H3/b14-11?,15-10+,23-9+/t25-,28+,29-/m1/s1. The van der Waals surface area contributed by atoms with Crippen LogP contribution >= 0.6 is 0 Å². The highest BCUT2D eigenvalue weighted by molar-refractivity contribution is 6.23. The number of allylic oxidation sites excluding steroid dienone is 6. The molecule has 7 nitrogen and oxygen atoms in total. The van der Waals surface area contributed by atoms with E-state index in [1.165, 1.54) is 30.7 Å². The van der Waals surface area contributed by atoms with Crippen LogP contribution in [0.15, 0.2) is 59.3 Å². The SMILES string of the molecule is CC(C)=CCC[C@]1(C)C=C[C@@H](OC(=O)C=C(C)C)[C@](C)(O)/C=C/C(=O)/C(C(=O)N2CCOCC2)=C\C1. The van der Waals surface area contributed by atoms with Crippen molar-refractivity contribution in [3.05, 3.63) is 59.3 Å². The second-order valence-corrected chi connectivity index (χ2v) is 10.6. The van der Waals surface area contributed by atoms with E-state index >= 15 is 0 Å². The van der Waals surface area contributed by atoms with Gasteiger partial charge in [0.1, 0.15) is 5.60 Å². The van der Waals surface area contributed by atoms with Gasteiger partial charge in [0.15, 0.2) is 11.9 Å². The molecule has 0 spiro atoms. The molecule has 0 unspecified atom stereocenters. The Bertz CT molecular complexity index is 970. The Balaban J connectivity index is 2.50. The molecule has 198 valence electrons. The fourth-order valence-corrected chi connectivity index (χ4v) is 4.01. The van der Waals surface area contributed by atoms with Gasteiger partial charge in [-0.05, 0) is 77.5 Å².